The molecule has 150 valence electrons. The Bertz CT molecular complexity index is 975. The number of ether oxygens (including phenoxy) is 3. The van der Waals surface area contributed by atoms with Gasteiger partial charge in [-0.3, -0.25) is 14.6 Å². The van der Waals surface area contributed by atoms with Gasteiger partial charge in [-0.05, 0) is 29.8 Å². The second-order valence-corrected chi connectivity index (χ2v) is 6.59. The second-order valence-electron chi connectivity index (χ2n) is 6.59. The molecule has 2 aromatic rings. The predicted molar refractivity (Wildman–Crippen MR) is 103 cm³/mol. The SMILES string of the molecule is COc1ccc(CN2N=NC3C(=O)N(c4ccc(OC)c(OC)c4)C(=O)C32)cc1. The first kappa shape index (κ1) is 18.7. The molecule has 1 fully saturated rings. The number of benzene rings is 2. The fraction of sp³-hybridized carbons (Fsp3) is 0.300. The molecule has 9 nitrogen and oxygen atoms in total. The minimum absolute atomic E-state index is 0.355. The highest BCUT2D eigenvalue weighted by molar-refractivity contribution is 6.25. The van der Waals surface area contributed by atoms with E-state index in [1.54, 1.807) is 30.3 Å². The second kappa shape index (κ2) is 7.42. The maximum Gasteiger partial charge on any atom is 0.263 e. The molecule has 2 atom stereocenters. The molecule has 1 saturated heterocycles. The molecule has 9 heteroatoms. The first-order valence-electron chi connectivity index (χ1n) is 8.97. The molecule has 2 aliphatic heterocycles. The third-order valence-electron chi connectivity index (χ3n) is 4.99. The summed E-state index contributed by atoms with van der Waals surface area (Å²) in [7, 11) is 4.61. The van der Waals surface area contributed by atoms with Crippen molar-refractivity contribution in [2.24, 2.45) is 10.3 Å². The molecule has 2 unspecified atom stereocenters. The van der Waals surface area contributed by atoms with Gasteiger partial charge in [0.15, 0.2) is 23.6 Å². The predicted octanol–water partition coefficient (Wildman–Crippen LogP) is 2.21. The molecule has 29 heavy (non-hydrogen) atoms. The van der Waals surface area contributed by atoms with E-state index < -0.39 is 18.0 Å². The largest absolute Gasteiger partial charge is 0.497 e. The minimum Gasteiger partial charge on any atom is -0.497 e. The number of fused-ring (bicyclic) bond motifs is 1. The van der Waals surface area contributed by atoms with Crippen molar-refractivity contribution in [1.29, 1.82) is 0 Å². The van der Waals surface area contributed by atoms with Crippen LogP contribution in [0.2, 0.25) is 0 Å². The minimum atomic E-state index is -0.853. The van der Waals surface area contributed by atoms with Gasteiger partial charge in [0.25, 0.3) is 11.8 Å². The van der Waals surface area contributed by atoms with Crippen LogP contribution in [0.1, 0.15) is 5.56 Å². The number of methoxy groups -OCH3 is 3. The number of amides is 2. The quantitative estimate of drug-likeness (QED) is 0.695. The maximum absolute atomic E-state index is 13.1. The standard InChI is InChI=1S/C20H20N4O5/c1-27-14-7-4-12(5-8-14)11-23-18-17(21-22-23)19(25)24(20(18)26)13-6-9-15(28-2)16(10-13)29-3/h4-10,17-18H,11H2,1-3H3. The average Bonchev–Trinajstić information content (AvgIpc) is 3.27. The molecule has 2 heterocycles. The van der Waals surface area contributed by atoms with Crippen LogP contribution in [-0.2, 0) is 16.1 Å². The van der Waals surface area contributed by atoms with Gasteiger partial charge in [0.1, 0.15) is 5.75 Å². The van der Waals surface area contributed by atoms with Crippen LogP contribution in [0, 0.1) is 0 Å². The lowest BCUT2D eigenvalue weighted by molar-refractivity contribution is -0.123. The van der Waals surface area contributed by atoms with Crippen LogP contribution in [0.3, 0.4) is 0 Å². The molecule has 2 amide bonds. The smallest absolute Gasteiger partial charge is 0.263 e. The number of carbonyl (C=O) groups is 2. The van der Waals surface area contributed by atoms with Gasteiger partial charge >= 0.3 is 0 Å². The number of rotatable bonds is 6. The van der Waals surface area contributed by atoms with Crippen molar-refractivity contribution >= 4 is 17.5 Å². The van der Waals surface area contributed by atoms with E-state index in [2.05, 4.69) is 10.3 Å². The van der Waals surface area contributed by atoms with Crippen molar-refractivity contribution in [1.82, 2.24) is 5.01 Å². The van der Waals surface area contributed by atoms with Crippen molar-refractivity contribution in [3.63, 3.8) is 0 Å². The number of imide groups is 1. The lowest BCUT2D eigenvalue weighted by Gasteiger charge is -2.21. The first-order chi connectivity index (χ1) is 14.1. The summed E-state index contributed by atoms with van der Waals surface area (Å²) in [5.74, 6) is 0.899. The van der Waals surface area contributed by atoms with E-state index in [-0.39, 0.29) is 5.91 Å². The van der Waals surface area contributed by atoms with Gasteiger partial charge in [0.05, 0.1) is 33.6 Å². The Morgan fingerprint density at radius 2 is 1.62 bits per heavy atom. The van der Waals surface area contributed by atoms with E-state index in [1.807, 2.05) is 24.3 Å². The van der Waals surface area contributed by atoms with Crippen LogP contribution < -0.4 is 19.1 Å². The summed E-state index contributed by atoms with van der Waals surface area (Å²) in [4.78, 5) is 27.1. The van der Waals surface area contributed by atoms with E-state index in [0.717, 1.165) is 16.2 Å². The fourth-order valence-electron chi connectivity index (χ4n) is 3.49. The van der Waals surface area contributed by atoms with Crippen LogP contribution in [-0.4, -0.2) is 50.2 Å². The Balaban J connectivity index is 1.58. The zero-order valence-electron chi connectivity index (χ0n) is 16.2. The molecule has 2 aromatic carbocycles. The normalized spacial score (nSPS) is 20.2. The Labute approximate surface area is 167 Å². The van der Waals surface area contributed by atoms with Crippen LogP contribution >= 0.6 is 0 Å². The molecule has 0 aromatic heterocycles. The zero-order valence-corrected chi connectivity index (χ0v) is 16.2. The van der Waals surface area contributed by atoms with Crippen LogP contribution in [0.15, 0.2) is 52.8 Å². The summed E-state index contributed by atoms with van der Waals surface area (Å²) in [5.41, 5.74) is 1.34. The lowest BCUT2D eigenvalue weighted by Crippen LogP contribution is -2.39. The molecular weight excluding hydrogens is 376 g/mol. The summed E-state index contributed by atoms with van der Waals surface area (Å²) in [6.45, 7) is 0.355. The van der Waals surface area contributed by atoms with Crippen LogP contribution in [0.5, 0.6) is 17.2 Å². The molecule has 0 saturated carbocycles. The summed E-state index contributed by atoms with van der Waals surface area (Å²) in [5, 5.41) is 9.66. The summed E-state index contributed by atoms with van der Waals surface area (Å²) >= 11 is 0. The Hall–Kier alpha value is -3.62. The summed E-state index contributed by atoms with van der Waals surface area (Å²) in [6, 6.07) is 10.7. The fourth-order valence-corrected chi connectivity index (χ4v) is 3.49. The van der Waals surface area contributed by atoms with Crippen molar-refractivity contribution in [2.75, 3.05) is 26.2 Å². The third kappa shape index (κ3) is 3.14. The molecule has 4 rings (SSSR count). The Morgan fingerprint density at radius 1 is 0.897 bits per heavy atom. The number of anilines is 1. The number of hydrogen-bond donors (Lipinski definition) is 0. The van der Waals surface area contributed by atoms with Gasteiger partial charge in [-0.15, -0.1) is 0 Å². The van der Waals surface area contributed by atoms with E-state index in [0.29, 0.717) is 23.7 Å². The Morgan fingerprint density at radius 3 is 2.28 bits per heavy atom. The van der Waals surface area contributed by atoms with E-state index >= 15 is 0 Å². The molecule has 0 spiro atoms. The topological polar surface area (TPSA) is 93.0 Å². The summed E-state index contributed by atoms with van der Waals surface area (Å²) in [6.07, 6.45) is 0. The monoisotopic (exact) mass is 396 g/mol. The first-order valence-corrected chi connectivity index (χ1v) is 8.97. The van der Waals surface area contributed by atoms with Gasteiger partial charge in [0.2, 0.25) is 0 Å². The molecule has 0 radical (unpaired) electrons. The van der Waals surface area contributed by atoms with Gasteiger partial charge < -0.3 is 14.2 Å². The number of hydrogen-bond acceptors (Lipinski definition) is 8. The molecule has 0 N–H and O–H groups in total. The van der Waals surface area contributed by atoms with Crippen molar-refractivity contribution in [3.05, 3.63) is 48.0 Å². The van der Waals surface area contributed by atoms with Crippen molar-refractivity contribution < 1.29 is 23.8 Å². The van der Waals surface area contributed by atoms with Crippen LogP contribution in [0.4, 0.5) is 5.69 Å². The van der Waals surface area contributed by atoms with Gasteiger partial charge in [-0.2, -0.15) is 5.11 Å². The lowest BCUT2D eigenvalue weighted by atomic mass is 10.1. The highest BCUT2D eigenvalue weighted by atomic mass is 16.5. The molecule has 0 aliphatic carbocycles. The van der Waals surface area contributed by atoms with Crippen LogP contribution in [0.25, 0.3) is 0 Å². The highest BCUT2D eigenvalue weighted by Gasteiger charge is 2.54. The summed E-state index contributed by atoms with van der Waals surface area (Å²) < 4.78 is 15.7. The van der Waals surface area contributed by atoms with Crippen molar-refractivity contribution in [3.8, 4) is 17.2 Å². The molecular formula is C20H20N4O5. The maximum atomic E-state index is 13.1. The Kier molecular flexibility index (Phi) is 4.79. The van der Waals surface area contributed by atoms with Gasteiger partial charge in [-0.25, -0.2) is 4.90 Å². The number of nitrogens with zero attached hydrogens (tertiary/aromatic N) is 4. The zero-order chi connectivity index (χ0) is 20.5. The van der Waals surface area contributed by atoms with E-state index in [9.17, 15) is 9.59 Å². The van der Waals surface area contributed by atoms with Gasteiger partial charge in [0, 0.05) is 6.07 Å². The average molecular weight is 396 g/mol. The third-order valence-corrected chi connectivity index (χ3v) is 4.99. The van der Waals surface area contributed by atoms with E-state index in [4.69, 9.17) is 14.2 Å². The highest BCUT2D eigenvalue weighted by Crippen LogP contribution is 2.37. The van der Waals surface area contributed by atoms with Crippen molar-refractivity contribution in [2.45, 2.75) is 18.6 Å². The molecule has 0 bridgehead atoms. The number of carbonyl (C=O) groups excluding carboxylic acids is 2. The van der Waals surface area contributed by atoms with Gasteiger partial charge in [-0.1, -0.05) is 17.4 Å². The molecule has 2 aliphatic rings. The van der Waals surface area contributed by atoms with E-state index in [1.165, 1.54) is 14.2 Å².